The fourth-order valence-corrected chi connectivity index (χ4v) is 5.91. The third kappa shape index (κ3) is 5.09. The predicted molar refractivity (Wildman–Crippen MR) is 140 cm³/mol. The Bertz CT molecular complexity index is 1590. The zero-order valence-electron chi connectivity index (χ0n) is 20.0. The number of aromatic nitrogens is 1. The summed E-state index contributed by atoms with van der Waals surface area (Å²) >= 11 is 1.30. The number of rotatable bonds is 7. The number of para-hydroxylation sites is 1. The molecule has 0 bridgehead atoms. The molecule has 0 radical (unpaired) electrons. The Morgan fingerprint density at radius 2 is 1.72 bits per heavy atom. The summed E-state index contributed by atoms with van der Waals surface area (Å²) in [4.78, 5) is 29.7. The van der Waals surface area contributed by atoms with Gasteiger partial charge in [-0.1, -0.05) is 42.5 Å². The SMILES string of the molecule is CCc1ccc2c(c1)sc(=NC(=O)c1ccc(S(=O)(=O)N(C)c3ccccc3)cc1)n2CC(=O)OC. The maximum absolute atomic E-state index is 13.0. The summed E-state index contributed by atoms with van der Waals surface area (Å²) in [5.74, 6) is -1.00. The lowest BCUT2D eigenvalue weighted by atomic mass is 10.2. The van der Waals surface area contributed by atoms with Crippen LogP contribution in [0, 0.1) is 0 Å². The molecule has 186 valence electrons. The number of ether oxygens (including phenoxy) is 1. The second-order valence-electron chi connectivity index (χ2n) is 7.95. The van der Waals surface area contributed by atoms with Crippen LogP contribution in [0.1, 0.15) is 22.8 Å². The van der Waals surface area contributed by atoms with Crippen molar-refractivity contribution in [2.45, 2.75) is 24.8 Å². The van der Waals surface area contributed by atoms with Crippen LogP contribution in [0.3, 0.4) is 0 Å². The molecule has 0 N–H and O–H groups in total. The number of sulfonamides is 1. The number of benzene rings is 3. The van der Waals surface area contributed by atoms with Gasteiger partial charge >= 0.3 is 5.97 Å². The highest BCUT2D eigenvalue weighted by molar-refractivity contribution is 7.92. The summed E-state index contributed by atoms with van der Waals surface area (Å²) in [5.41, 5.74) is 2.66. The predicted octanol–water partition coefficient (Wildman–Crippen LogP) is 4.00. The lowest BCUT2D eigenvalue weighted by Crippen LogP contribution is -2.26. The Morgan fingerprint density at radius 1 is 1.03 bits per heavy atom. The number of methoxy groups -OCH3 is 1. The van der Waals surface area contributed by atoms with Crippen LogP contribution < -0.4 is 9.11 Å². The number of esters is 1. The molecular formula is C26H25N3O5S2. The average molecular weight is 524 g/mol. The Kier molecular flexibility index (Phi) is 7.37. The molecule has 8 nitrogen and oxygen atoms in total. The monoisotopic (exact) mass is 523 g/mol. The fourth-order valence-electron chi connectivity index (χ4n) is 3.63. The summed E-state index contributed by atoms with van der Waals surface area (Å²) in [7, 11) is -1.02. The van der Waals surface area contributed by atoms with Gasteiger partial charge in [-0.25, -0.2) is 8.42 Å². The molecule has 3 aromatic carbocycles. The summed E-state index contributed by atoms with van der Waals surface area (Å²) in [6.45, 7) is 1.96. The van der Waals surface area contributed by atoms with Crippen molar-refractivity contribution >= 4 is 49.1 Å². The number of hydrogen-bond acceptors (Lipinski definition) is 6. The van der Waals surface area contributed by atoms with Crippen molar-refractivity contribution in [3.8, 4) is 0 Å². The van der Waals surface area contributed by atoms with Crippen LogP contribution in [0.25, 0.3) is 10.2 Å². The standard InChI is InChI=1S/C26H25N3O5S2/c1-4-18-10-15-22-23(16-18)35-26(29(22)17-24(30)34-3)27-25(31)19-11-13-21(14-12-19)36(32,33)28(2)20-8-6-5-7-9-20/h5-16H,4,17H2,1-3H3. The lowest BCUT2D eigenvalue weighted by Gasteiger charge is -2.19. The molecule has 4 rings (SSSR count). The third-order valence-electron chi connectivity index (χ3n) is 5.75. The van der Waals surface area contributed by atoms with Gasteiger partial charge in [0.2, 0.25) is 0 Å². The lowest BCUT2D eigenvalue weighted by molar-refractivity contribution is -0.141. The molecule has 0 fully saturated rings. The zero-order chi connectivity index (χ0) is 25.9. The number of carbonyl (C=O) groups excluding carboxylic acids is 2. The van der Waals surface area contributed by atoms with Crippen LogP contribution in [0.5, 0.6) is 0 Å². The summed E-state index contributed by atoms with van der Waals surface area (Å²) in [5, 5.41) is 0. The van der Waals surface area contributed by atoms with E-state index in [2.05, 4.69) is 4.99 Å². The Balaban J connectivity index is 1.68. The highest BCUT2D eigenvalue weighted by Crippen LogP contribution is 2.23. The van der Waals surface area contributed by atoms with Gasteiger partial charge in [-0.2, -0.15) is 4.99 Å². The van der Waals surface area contributed by atoms with Crippen LogP contribution in [-0.2, 0) is 32.5 Å². The number of fused-ring (bicyclic) bond motifs is 1. The van der Waals surface area contributed by atoms with E-state index in [0.29, 0.717) is 10.5 Å². The van der Waals surface area contributed by atoms with Gasteiger partial charge in [0.25, 0.3) is 15.9 Å². The van der Waals surface area contributed by atoms with Gasteiger partial charge in [0.1, 0.15) is 6.54 Å². The number of anilines is 1. The Labute approximate surface area is 213 Å². The van der Waals surface area contributed by atoms with E-state index in [4.69, 9.17) is 4.74 Å². The highest BCUT2D eigenvalue weighted by Gasteiger charge is 2.21. The molecule has 0 saturated heterocycles. The Hall–Kier alpha value is -3.76. The number of thiazole rings is 1. The topological polar surface area (TPSA) is 98.0 Å². The van der Waals surface area contributed by atoms with E-state index in [1.54, 1.807) is 28.8 Å². The second kappa shape index (κ2) is 10.5. The number of amides is 1. The molecule has 0 unspecified atom stereocenters. The van der Waals surface area contributed by atoms with E-state index in [1.807, 2.05) is 31.2 Å². The molecule has 0 aliphatic carbocycles. The number of hydrogen-bond donors (Lipinski definition) is 0. The van der Waals surface area contributed by atoms with Gasteiger partial charge in [0.15, 0.2) is 4.80 Å². The van der Waals surface area contributed by atoms with Gasteiger partial charge in [0.05, 0.1) is 27.9 Å². The third-order valence-corrected chi connectivity index (χ3v) is 8.59. The minimum Gasteiger partial charge on any atom is -0.468 e. The smallest absolute Gasteiger partial charge is 0.325 e. The molecule has 0 saturated carbocycles. The number of aryl methyl sites for hydroxylation is 1. The molecule has 1 heterocycles. The maximum Gasteiger partial charge on any atom is 0.325 e. The first-order valence-corrected chi connectivity index (χ1v) is 13.4. The first kappa shape index (κ1) is 25.3. The largest absolute Gasteiger partial charge is 0.468 e. The van der Waals surface area contributed by atoms with Crippen LogP contribution in [0.2, 0.25) is 0 Å². The molecule has 0 aliphatic heterocycles. The van der Waals surface area contributed by atoms with E-state index < -0.39 is 21.9 Å². The number of carbonyl (C=O) groups is 2. The van der Waals surface area contributed by atoms with Crippen LogP contribution in [0.4, 0.5) is 5.69 Å². The summed E-state index contributed by atoms with van der Waals surface area (Å²) in [6.07, 6.45) is 0.852. The minimum absolute atomic E-state index is 0.0557. The van der Waals surface area contributed by atoms with E-state index >= 15 is 0 Å². The van der Waals surface area contributed by atoms with Crippen LogP contribution >= 0.6 is 11.3 Å². The van der Waals surface area contributed by atoms with E-state index in [9.17, 15) is 18.0 Å². The molecule has 36 heavy (non-hydrogen) atoms. The molecule has 1 amide bonds. The quantitative estimate of drug-likeness (QED) is 0.341. The van der Waals surface area contributed by atoms with E-state index in [1.165, 1.54) is 54.1 Å². The van der Waals surface area contributed by atoms with Gasteiger partial charge in [-0.05, 0) is 60.5 Å². The molecule has 1 aromatic heterocycles. The molecule has 10 heteroatoms. The van der Waals surface area contributed by atoms with Gasteiger partial charge < -0.3 is 9.30 Å². The molecule has 4 aromatic rings. The summed E-state index contributed by atoms with van der Waals surface area (Å²) in [6, 6.07) is 20.3. The van der Waals surface area contributed by atoms with Crippen molar-refractivity contribution in [1.82, 2.24) is 4.57 Å². The second-order valence-corrected chi connectivity index (χ2v) is 10.9. The maximum atomic E-state index is 13.0. The van der Waals surface area contributed by atoms with Crippen molar-refractivity contribution in [3.05, 3.63) is 88.7 Å². The van der Waals surface area contributed by atoms with Crippen molar-refractivity contribution in [1.29, 1.82) is 0 Å². The highest BCUT2D eigenvalue weighted by atomic mass is 32.2. The normalized spacial score (nSPS) is 12.0. The van der Waals surface area contributed by atoms with Gasteiger partial charge in [-0.15, -0.1) is 0 Å². The summed E-state index contributed by atoms with van der Waals surface area (Å²) < 4.78 is 34.6. The van der Waals surface area contributed by atoms with Crippen LogP contribution in [0.15, 0.2) is 82.7 Å². The average Bonchev–Trinajstić information content (AvgIpc) is 3.24. The van der Waals surface area contributed by atoms with Gasteiger partial charge in [-0.3, -0.25) is 13.9 Å². The minimum atomic E-state index is -3.80. The fraction of sp³-hybridized carbons (Fsp3) is 0.192. The van der Waals surface area contributed by atoms with Crippen molar-refractivity contribution in [3.63, 3.8) is 0 Å². The Morgan fingerprint density at radius 3 is 2.36 bits per heavy atom. The van der Waals surface area contributed by atoms with Crippen molar-refractivity contribution < 1.29 is 22.7 Å². The molecule has 0 atom stereocenters. The van der Waals surface area contributed by atoms with Crippen molar-refractivity contribution in [2.24, 2.45) is 4.99 Å². The zero-order valence-corrected chi connectivity index (χ0v) is 21.7. The number of nitrogens with zero attached hydrogens (tertiary/aromatic N) is 3. The van der Waals surface area contributed by atoms with E-state index in [-0.39, 0.29) is 17.0 Å². The molecule has 0 aliphatic rings. The van der Waals surface area contributed by atoms with Gasteiger partial charge in [0, 0.05) is 12.6 Å². The van der Waals surface area contributed by atoms with Crippen molar-refractivity contribution in [2.75, 3.05) is 18.5 Å². The van der Waals surface area contributed by atoms with Crippen LogP contribution in [-0.4, -0.2) is 39.0 Å². The molecule has 0 spiro atoms. The molecular weight excluding hydrogens is 498 g/mol. The van der Waals surface area contributed by atoms with E-state index in [0.717, 1.165) is 22.2 Å². The first-order chi connectivity index (χ1) is 17.2. The first-order valence-electron chi connectivity index (χ1n) is 11.2.